The summed E-state index contributed by atoms with van der Waals surface area (Å²) in [6.45, 7) is 0.116. The number of hydrogen-bond acceptors (Lipinski definition) is 5. The Kier molecular flexibility index (Phi) is 4.94. The lowest BCUT2D eigenvalue weighted by Gasteiger charge is -2.15. The highest BCUT2D eigenvalue weighted by Crippen LogP contribution is 2.27. The Morgan fingerprint density at radius 2 is 2.04 bits per heavy atom. The Hall–Kier alpha value is -2.87. The van der Waals surface area contributed by atoms with E-state index in [0.717, 1.165) is 10.5 Å². The summed E-state index contributed by atoms with van der Waals surface area (Å²) in [5.74, 6) is -0.310. The molecule has 0 radical (unpaired) electrons. The van der Waals surface area contributed by atoms with E-state index in [1.165, 1.54) is 19.0 Å². The van der Waals surface area contributed by atoms with E-state index >= 15 is 0 Å². The minimum absolute atomic E-state index is 0.114. The first-order valence-corrected chi connectivity index (χ1v) is 8.28. The molecule has 0 saturated carbocycles. The zero-order chi connectivity index (χ0) is 18.8. The molecule has 1 aliphatic rings. The van der Waals surface area contributed by atoms with Gasteiger partial charge in [-0.05, 0) is 6.07 Å². The van der Waals surface area contributed by atoms with Crippen LogP contribution >= 0.6 is 11.6 Å². The number of halogens is 1. The molecular weight excluding hydrogens is 360 g/mol. The lowest BCUT2D eigenvalue weighted by Crippen LogP contribution is -2.37. The molecule has 1 aromatic carbocycles. The number of urea groups is 1. The molecule has 9 heteroatoms. The van der Waals surface area contributed by atoms with Crippen molar-refractivity contribution >= 4 is 29.4 Å². The number of nitrogens with zero attached hydrogens (tertiary/aromatic N) is 3. The van der Waals surface area contributed by atoms with Gasteiger partial charge in [-0.2, -0.15) is 0 Å². The summed E-state index contributed by atoms with van der Waals surface area (Å²) < 4.78 is 5.21. The van der Waals surface area contributed by atoms with Gasteiger partial charge in [0.25, 0.3) is 5.91 Å². The average Bonchev–Trinajstić information content (AvgIpc) is 3.16. The number of likely N-dealkylation sites (N-methyl/N-ethyl adjacent to an activating group) is 2. The van der Waals surface area contributed by atoms with Gasteiger partial charge in [-0.1, -0.05) is 35.0 Å². The van der Waals surface area contributed by atoms with Gasteiger partial charge in [-0.15, -0.1) is 0 Å². The fourth-order valence-corrected chi connectivity index (χ4v) is 2.94. The van der Waals surface area contributed by atoms with Crippen molar-refractivity contribution in [3.8, 4) is 11.3 Å². The second-order valence-corrected chi connectivity index (χ2v) is 6.35. The molecule has 1 N–H and O–H groups in total. The SMILES string of the molecule is CN1C(=O)[C@H](CC(=O)NCc2cc(-c3ccccc3Cl)no2)N(C)C1=O. The van der Waals surface area contributed by atoms with E-state index < -0.39 is 18.0 Å². The summed E-state index contributed by atoms with van der Waals surface area (Å²) in [5, 5.41) is 7.16. The van der Waals surface area contributed by atoms with Crippen molar-refractivity contribution in [2.45, 2.75) is 19.0 Å². The number of nitrogens with one attached hydrogen (secondary N) is 1. The molecular formula is C17H17ClN4O4. The highest BCUT2D eigenvalue weighted by Gasteiger charge is 2.41. The molecule has 26 heavy (non-hydrogen) atoms. The van der Waals surface area contributed by atoms with Gasteiger partial charge in [0.1, 0.15) is 11.7 Å². The second-order valence-electron chi connectivity index (χ2n) is 5.95. The number of aromatic nitrogens is 1. The van der Waals surface area contributed by atoms with Crippen LogP contribution in [0.15, 0.2) is 34.9 Å². The fourth-order valence-electron chi connectivity index (χ4n) is 2.70. The Bertz CT molecular complexity index is 866. The number of rotatable bonds is 5. The van der Waals surface area contributed by atoms with Crippen LogP contribution in [0.2, 0.25) is 5.02 Å². The summed E-state index contributed by atoms with van der Waals surface area (Å²) in [6.07, 6.45) is -0.114. The van der Waals surface area contributed by atoms with Crippen LogP contribution in [0.5, 0.6) is 0 Å². The molecule has 1 aromatic heterocycles. The van der Waals surface area contributed by atoms with Gasteiger partial charge in [0.15, 0.2) is 5.76 Å². The zero-order valence-electron chi connectivity index (χ0n) is 14.2. The number of carbonyl (C=O) groups excluding carboxylic acids is 3. The third kappa shape index (κ3) is 3.41. The minimum Gasteiger partial charge on any atom is -0.359 e. The van der Waals surface area contributed by atoms with Crippen molar-refractivity contribution < 1.29 is 18.9 Å². The largest absolute Gasteiger partial charge is 0.359 e. The first kappa shape index (κ1) is 17.9. The van der Waals surface area contributed by atoms with E-state index in [9.17, 15) is 14.4 Å². The minimum atomic E-state index is -0.791. The number of benzene rings is 1. The maximum absolute atomic E-state index is 12.1. The predicted molar refractivity (Wildman–Crippen MR) is 93.1 cm³/mol. The highest BCUT2D eigenvalue weighted by atomic mass is 35.5. The molecule has 8 nitrogen and oxygen atoms in total. The first-order chi connectivity index (χ1) is 12.4. The number of imide groups is 1. The molecule has 1 aliphatic heterocycles. The molecule has 1 atom stereocenters. The molecule has 0 aliphatic carbocycles. The molecule has 4 amide bonds. The number of amides is 4. The Labute approximate surface area is 154 Å². The van der Waals surface area contributed by atoms with Crippen LogP contribution < -0.4 is 5.32 Å². The predicted octanol–water partition coefficient (Wildman–Crippen LogP) is 1.89. The van der Waals surface area contributed by atoms with Gasteiger partial charge < -0.3 is 14.7 Å². The first-order valence-electron chi connectivity index (χ1n) is 7.90. The maximum atomic E-state index is 12.1. The summed E-state index contributed by atoms with van der Waals surface area (Å²) in [4.78, 5) is 38.1. The van der Waals surface area contributed by atoms with E-state index in [2.05, 4.69) is 10.5 Å². The van der Waals surface area contributed by atoms with Crippen LogP contribution in [-0.4, -0.2) is 52.9 Å². The van der Waals surface area contributed by atoms with Crippen LogP contribution in [0.1, 0.15) is 12.2 Å². The molecule has 2 aromatic rings. The molecule has 0 bridgehead atoms. The van der Waals surface area contributed by atoms with Gasteiger partial charge in [0, 0.05) is 25.7 Å². The molecule has 1 saturated heterocycles. The van der Waals surface area contributed by atoms with Gasteiger partial charge in [0.2, 0.25) is 5.91 Å². The second kappa shape index (κ2) is 7.17. The van der Waals surface area contributed by atoms with Gasteiger partial charge in [0.05, 0.1) is 18.0 Å². The standard InChI is InChI=1S/C17H17ClN4O4/c1-21-14(16(24)22(2)17(21)25)8-15(23)19-9-10-7-13(20-26-10)11-5-3-4-6-12(11)18/h3-7,14H,8-9H2,1-2H3,(H,19,23)/t14-/m0/s1. The van der Waals surface area contributed by atoms with Crippen molar-refractivity contribution in [2.75, 3.05) is 14.1 Å². The van der Waals surface area contributed by atoms with Crippen LogP contribution in [0.3, 0.4) is 0 Å². The van der Waals surface area contributed by atoms with E-state index in [1.54, 1.807) is 12.1 Å². The van der Waals surface area contributed by atoms with Crippen molar-refractivity contribution in [3.63, 3.8) is 0 Å². The number of carbonyl (C=O) groups is 3. The molecule has 3 rings (SSSR count). The molecule has 0 spiro atoms. The fraction of sp³-hybridized carbons (Fsp3) is 0.294. The Balaban J connectivity index is 1.58. The van der Waals surface area contributed by atoms with Crippen LogP contribution in [0, 0.1) is 0 Å². The topological polar surface area (TPSA) is 95.8 Å². The van der Waals surface area contributed by atoms with Crippen molar-refractivity contribution in [2.24, 2.45) is 0 Å². The third-order valence-electron chi connectivity index (χ3n) is 4.22. The van der Waals surface area contributed by atoms with Crippen molar-refractivity contribution in [1.29, 1.82) is 0 Å². The van der Waals surface area contributed by atoms with E-state index in [1.807, 2.05) is 18.2 Å². The van der Waals surface area contributed by atoms with Gasteiger partial charge in [-0.3, -0.25) is 14.5 Å². The summed E-state index contributed by atoms with van der Waals surface area (Å²) in [7, 11) is 2.89. The Morgan fingerprint density at radius 1 is 1.31 bits per heavy atom. The Morgan fingerprint density at radius 3 is 2.69 bits per heavy atom. The molecule has 1 fully saturated rings. The number of hydrogen-bond donors (Lipinski definition) is 1. The van der Waals surface area contributed by atoms with E-state index in [0.29, 0.717) is 16.5 Å². The highest BCUT2D eigenvalue weighted by molar-refractivity contribution is 6.33. The smallest absolute Gasteiger partial charge is 0.326 e. The molecule has 136 valence electrons. The van der Waals surface area contributed by atoms with Gasteiger partial charge in [-0.25, -0.2) is 4.79 Å². The summed E-state index contributed by atoms with van der Waals surface area (Å²) >= 11 is 6.12. The lowest BCUT2D eigenvalue weighted by atomic mass is 10.1. The quantitative estimate of drug-likeness (QED) is 0.804. The average molecular weight is 377 g/mol. The third-order valence-corrected chi connectivity index (χ3v) is 4.55. The molecule has 0 unspecified atom stereocenters. The lowest BCUT2D eigenvalue weighted by molar-refractivity contribution is -0.131. The van der Waals surface area contributed by atoms with Crippen molar-refractivity contribution in [3.05, 3.63) is 41.1 Å². The van der Waals surface area contributed by atoms with Crippen LogP contribution in [0.25, 0.3) is 11.3 Å². The van der Waals surface area contributed by atoms with Crippen LogP contribution in [0.4, 0.5) is 4.79 Å². The van der Waals surface area contributed by atoms with E-state index in [-0.39, 0.29) is 18.9 Å². The van der Waals surface area contributed by atoms with E-state index in [4.69, 9.17) is 16.1 Å². The van der Waals surface area contributed by atoms with Crippen molar-refractivity contribution in [1.82, 2.24) is 20.3 Å². The molecule has 2 heterocycles. The maximum Gasteiger partial charge on any atom is 0.326 e. The van der Waals surface area contributed by atoms with Crippen LogP contribution in [-0.2, 0) is 16.1 Å². The summed E-state index contributed by atoms with van der Waals surface area (Å²) in [6, 6.07) is 7.69. The monoisotopic (exact) mass is 376 g/mol. The van der Waals surface area contributed by atoms with Gasteiger partial charge >= 0.3 is 6.03 Å². The summed E-state index contributed by atoms with van der Waals surface area (Å²) in [5.41, 5.74) is 1.30. The zero-order valence-corrected chi connectivity index (χ0v) is 15.0. The normalized spacial score (nSPS) is 17.1.